The smallest absolute Gasteiger partial charge is 0.204 e. The van der Waals surface area contributed by atoms with E-state index >= 15 is 0 Å². The number of benzene rings is 4. The van der Waals surface area contributed by atoms with Crippen LogP contribution in [0, 0.1) is 0 Å². The van der Waals surface area contributed by atoms with E-state index in [0.717, 1.165) is 61.4 Å². The molecule has 0 aliphatic carbocycles. The Bertz CT molecular complexity index is 3380. The maximum atomic E-state index is 12.4. The van der Waals surface area contributed by atoms with Crippen molar-refractivity contribution in [3.63, 3.8) is 0 Å². The van der Waals surface area contributed by atoms with E-state index in [1.54, 1.807) is 88.6 Å². The first kappa shape index (κ1) is 41.9. The van der Waals surface area contributed by atoms with Gasteiger partial charge in [-0.1, -0.05) is 66.7 Å². The van der Waals surface area contributed by atoms with E-state index in [4.69, 9.17) is 9.97 Å². The van der Waals surface area contributed by atoms with E-state index < -0.39 is 30.2 Å². The highest BCUT2D eigenvalue weighted by atomic mass is 32.2. The van der Waals surface area contributed by atoms with E-state index in [0.29, 0.717) is 45.0 Å². The number of hydrogen-bond acceptors (Lipinski definition) is 14. The molecule has 5 N–H and O–H groups in total. The predicted octanol–water partition coefficient (Wildman–Crippen LogP) is 6.94. The summed E-state index contributed by atoms with van der Waals surface area (Å²) in [5, 5.41) is 13.1. The summed E-state index contributed by atoms with van der Waals surface area (Å²) in [6, 6.07) is 29.4. The largest absolute Gasteiger partial charge is 0.344 e. The van der Waals surface area contributed by atoms with Crippen LogP contribution in [-0.4, -0.2) is 90.4 Å². The van der Waals surface area contributed by atoms with Crippen LogP contribution in [-0.2, 0) is 19.7 Å². The summed E-state index contributed by atoms with van der Waals surface area (Å²) < 4.78 is 49.5. The van der Waals surface area contributed by atoms with Gasteiger partial charge >= 0.3 is 0 Å². The highest BCUT2D eigenvalue weighted by Crippen LogP contribution is 2.32. The average molecular weight is 892 g/mol. The van der Waals surface area contributed by atoms with Gasteiger partial charge in [0.1, 0.15) is 23.5 Å². The number of H-pyrrole nitrogens is 3. The number of aromatic amines is 3. The molecule has 0 amide bonds. The van der Waals surface area contributed by atoms with Crippen molar-refractivity contribution in [2.75, 3.05) is 6.67 Å². The lowest BCUT2D eigenvalue weighted by Gasteiger charge is -2.09. The van der Waals surface area contributed by atoms with Crippen molar-refractivity contribution in [2.45, 2.75) is 48.0 Å². The van der Waals surface area contributed by atoms with Crippen molar-refractivity contribution < 1.29 is 16.8 Å². The summed E-state index contributed by atoms with van der Waals surface area (Å²) in [5.74, 6) is 1.33. The molecule has 1 aliphatic rings. The number of sulfone groups is 2. The van der Waals surface area contributed by atoms with Crippen molar-refractivity contribution in [1.29, 1.82) is 0 Å². The SMILES string of the molecule is CC(C)S(=O)(=O)c1ccc(-c2cnc3[nH]cc(-c4ccc(-c5nn[nH]n5)cc4)c3n2)cc1.CC(C)S(=O)(=O)c1ccc(-c2cnc3[nH]cc(-c4cccc(C5=NCNN5)c4)c3n2)cc1. The van der Waals surface area contributed by atoms with Gasteiger partial charge in [-0.2, -0.15) is 5.21 Å². The van der Waals surface area contributed by atoms with Crippen LogP contribution in [0.1, 0.15) is 33.3 Å². The lowest BCUT2D eigenvalue weighted by Crippen LogP contribution is -2.30. The van der Waals surface area contributed by atoms with Gasteiger partial charge < -0.3 is 15.4 Å². The number of aliphatic imine (C=N–C) groups is 1. The second-order valence-electron chi connectivity index (χ2n) is 15.4. The van der Waals surface area contributed by atoms with E-state index in [9.17, 15) is 16.8 Å². The summed E-state index contributed by atoms with van der Waals surface area (Å²) >= 11 is 0. The van der Waals surface area contributed by atoms with Crippen molar-refractivity contribution in [3.05, 3.63) is 127 Å². The Kier molecular flexibility index (Phi) is 11.1. The maximum Gasteiger partial charge on any atom is 0.204 e. The number of tetrazole rings is 1. The molecule has 5 aromatic heterocycles. The standard InChI is InChI=1S/C23H22N6O2S.C22H19N7O2S/c1-14(2)32(30,31)18-8-6-15(7-9-18)20-12-25-23-21(28-20)19(11-24-23)16-4-3-5-17(10-16)22-26-13-27-29-22;1-13(2)32(30,31)17-9-7-15(8-10-17)19-12-24-22-20(25-19)18(11-23-22)14-3-5-16(6-4-14)21-26-28-29-27-21/h3-12,14,27H,13H2,1-2H3,(H,24,25)(H,26,29);3-13H,1-2H3,(H,23,24)(H,26,27,28,29). The molecule has 19 heteroatoms. The van der Waals surface area contributed by atoms with Crippen molar-refractivity contribution in [2.24, 2.45) is 4.99 Å². The molecule has 17 nitrogen and oxygen atoms in total. The molecule has 64 heavy (non-hydrogen) atoms. The van der Waals surface area contributed by atoms with Gasteiger partial charge in [0.2, 0.25) is 5.82 Å². The normalized spacial score (nSPS) is 13.0. The molecule has 10 rings (SSSR count). The third-order valence-corrected chi connectivity index (χ3v) is 15.1. The molecule has 0 fully saturated rings. The Morgan fingerprint density at radius 2 is 1.08 bits per heavy atom. The Hall–Kier alpha value is -7.48. The molecule has 0 saturated carbocycles. The van der Waals surface area contributed by atoms with Crippen LogP contribution in [0.25, 0.3) is 78.5 Å². The molecule has 0 atom stereocenters. The molecule has 322 valence electrons. The maximum absolute atomic E-state index is 12.4. The molecule has 4 aromatic carbocycles. The van der Waals surface area contributed by atoms with Crippen molar-refractivity contribution in [1.82, 2.24) is 61.4 Å². The number of aromatic nitrogens is 10. The Labute approximate surface area is 367 Å². The van der Waals surface area contributed by atoms with Gasteiger partial charge in [0.05, 0.1) is 44.1 Å². The summed E-state index contributed by atoms with van der Waals surface area (Å²) in [6.45, 7) is 7.24. The lowest BCUT2D eigenvalue weighted by molar-refractivity contribution is 0.586. The minimum absolute atomic E-state index is 0.300. The summed E-state index contributed by atoms with van der Waals surface area (Å²) in [6.07, 6.45) is 7.13. The fourth-order valence-corrected chi connectivity index (χ4v) is 9.16. The van der Waals surface area contributed by atoms with Gasteiger partial charge in [-0.25, -0.2) is 47.2 Å². The first-order chi connectivity index (χ1) is 30.9. The highest BCUT2D eigenvalue weighted by molar-refractivity contribution is 7.92. The van der Waals surface area contributed by atoms with Gasteiger partial charge in [0, 0.05) is 45.8 Å². The molecular weight excluding hydrogens is 851 g/mol. The van der Waals surface area contributed by atoms with E-state index in [1.165, 1.54) is 0 Å². The zero-order valence-electron chi connectivity index (χ0n) is 34.9. The number of fused-ring (bicyclic) bond motifs is 2. The van der Waals surface area contributed by atoms with Crippen LogP contribution < -0.4 is 10.9 Å². The number of hydrazine groups is 1. The fraction of sp³-hybridized carbons (Fsp3) is 0.156. The Balaban J connectivity index is 0.000000162. The minimum Gasteiger partial charge on any atom is -0.344 e. The van der Waals surface area contributed by atoms with Crippen LogP contribution in [0.15, 0.2) is 137 Å². The number of rotatable bonds is 10. The third-order valence-electron chi connectivity index (χ3n) is 10.7. The third kappa shape index (κ3) is 8.14. The minimum atomic E-state index is -3.32. The number of amidine groups is 1. The van der Waals surface area contributed by atoms with Gasteiger partial charge in [-0.3, -0.25) is 0 Å². The molecule has 6 heterocycles. The average Bonchev–Trinajstić information content (AvgIpc) is 4.17. The van der Waals surface area contributed by atoms with E-state index in [2.05, 4.69) is 62.5 Å². The predicted molar refractivity (Wildman–Crippen MR) is 245 cm³/mol. The molecule has 0 radical (unpaired) electrons. The van der Waals surface area contributed by atoms with Gasteiger partial charge in [0.25, 0.3) is 0 Å². The molecule has 0 bridgehead atoms. The molecule has 9 aromatic rings. The molecule has 0 unspecified atom stereocenters. The van der Waals surface area contributed by atoms with Crippen LogP contribution in [0.3, 0.4) is 0 Å². The topological polar surface area (TPSA) is 242 Å². The van der Waals surface area contributed by atoms with Crippen LogP contribution in [0.2, 0.25) is 0 Å². The van der Waals surface area contributed by atoms with Crippen LogP contribution in [0.4, 0.5) is 0 Å². The van der Waals surface area contributed by atoms with Gasteiger partial charge in [0.15, 0.2) is 31.0 Å². The van der Waals surface area contributed by atoms with E-state index in [1.807, 2.05) is 54.9 Å². The number of nitrogens with one attached hydrogen (secondary N) is 5. The first-order valence-electron chi connectivity index (χ1n) is 20.2. The van der Waals surface area contributed by atoms with Crippen LogP contribution in [0.5, 0.6) is 0 Å². The summed E-state index contributed by atoms with van der Waals surface area (Å²) in [5.41, 5.74) is 17.4. The highest BCUT2D eigenvalue weighted by Gasteiger charge is 2.21. The van der Waals surface area contributed by atoms with Gasteiger partial charge in [-0.15, -0.1) is 10.2 Å². The lowest BCUT2D eigenvalue weighted by atomic mass is 10.0. The molecule has 0 saturated heterocycles. The number of nitrogens with zero attached hydrogens (tertiary/aromatic N) is 8. The van der Waals surface area contributed by atoms with Crippen molar-refractivity contribution in [3.8, 4) is 56.2 Å². The zero-order chi connectivity index (χ0) is 44.6. The molecule has 1 aliphatic heterocycles. The second kappa shape index (κ2) is 17.0. The Morgan fingerprint density at radius 1 is 0.578 bits per heavy atom. The monoisotopic (exact) mass is 891 g/mol. The first-order valence-corrected chi connectivity index (χ1v) is 23.3. The Morgan fingerprint density at radius 3 is 1.56 bits per heavy atom. The molecule has 0 spiro atoms. The van der Waals surface area contributed by atoms with E-state index in [-0.39, 0.29) is 0 Å². The fourth-order valence-electron chi connectivity index (χ4n) is 7.04. The van der Waals surface area contributed by atoms with Gasteiger partial charge in [-0.05, 0) is 74.4 Å². The quantitative estimate of drug-likeness (QED) is 0.0936. The van der Waals surface area contributed by atoms with Crippen molar-refractivity contribution >= 4 is 47.8 Å². The molecular formula is C45H41N13O4S2. The summed E-state index contributed by atoms with van der Waals surface area (Å²) in [4.78, 5) is 30.0. The summed E-state index contributed by atoms with van der Waals surface area (Å²) in [7, 11) is -6.64. The zero-order valence-corrected chi connectivity index (χ0v) is 36.6. The van der Waals surface area contributed by atoms with Crippen LogP contribution >= 0.6 is 0 Å². The number of hydrogen-bond donors (Lipinski definition) is 5. The second-order valence-corrected chi connectivity index (χ2v) is 20.4.